The first-order valence-electron chi connectivity index (χ1n) is 10.3. The van der Waals surface area contributed by atoms with Crippen LogP contribution < -0.4 is 0 Å². The van der Waals surface area contributed by atoms with E-state index in [0.29, 0.717) is 18.6 Å². The fourth-order valence-corrected chi connectivity index (χ4v) is 6.88. The summed E-state index contributed by atoms with van der Waals surface area (Å²) < 4.78 is 1.28. The molecule has 2 N–H and O–H groups in total. The molecule has 30 heavy (non-hydrogen) atoms. The molecule has 0 aliphatic heterocycles. The maximum absolute atomic E-state index is 12.2. The van der Waals surface area contributed by atoms with E-state index in [1.54, 1.807) is 23.1 Å². The van der Waals surface area contributed by atoms with Crippen LogP contribution in [0, 0.1) is 5.92 Å². The van der Waals surface area contributed by atoms with Gasteiger partial charge in [0.05, 0.1) is 17.1 Å². The standard InChI is InChI=1S/C23H28O4S3/c24-18(9-10-19-14-17-4-1-2-5-21(17)30-19)8-6-16-7-11-20(25)23(16)29-13-3-12-28-15-22(26)27/h1-2,4-6,8,14,16,18,23-24H,3,7,9-13,15H2,(H,26,27)/t16-,18?,23?/m0/s1. The Balaban J connectivity index is 1.41. The minimum Gasteiger partial charge on any atom is -0.481 e. The van der Waals surface area contributed by atoms with Crippen LogP contribution in [-0.4, -0.2) is 50.6 Å². The molecule has 4 nitrogen and oxygen atoms in total. The molecule has 1 fully saturated rings. The number of ketones is 1. The van der Waals surface area contributed by atoms with Crippen molar-refractivity contribution in [3.05, 3.63) is 47.4 Å². The molecule has 2 unspecified atom stereocenters. The summed E-state index contributed by atoms with van der Waals surface area (Å²) in [6.45, 7) is 0. The van der Waals surface area contributed by atoms with E-state index in [1.165, 1.54) is 26.7 Å². The average molecular weight is 465 g/mol. The van der Waals surface area contributed by atoms with E-state index >= 15 is 0 Å². The number of Topliss-reactive ketones (excluding diaryl/α,β-unsaturated/α-hetero) is 1. The maximum atomic E-state index is 12.2. The SMILES string of the molecule is O=C(O)CSCCCSC1C(=O)CC[C@@H]1C=CC(O)CCc1cc2ccccc2s1. The third-order valence-electron chi connectivity index (χ3n) is 5.13. The van der Waals surface area contributed by atoms with Gasteiger partial charge in [0.1, 0.15) is 5.78 Å². The first-order valence-corrected chi connectivity index (χ1v) is 13.3. The fourth-order valence-electron chi connectivity index (χ4n) is 3.60. The molecule has 1 aliphatic carbocycles. The van der Waals surface area contributed by atoms with Crippen LogP contribution in [0.2, 0.25) is 0 Å². The van der Waals surface area contributed by atoms with Crippen molar-refractivity contribution < 1.29 is 19.8 Å². The summed E-state index contributed by atoms with van der Waals surface area (Å²) in [5.41, 5.74) is 0. The van der Waals surface area contributed by atoms with Crippen LogP contribution in [0.25, 0.3) is 10.1 Å². The molecule has 2 aromatic rings. The molecular formula is C23H28O4S3. The Labute approximate surface area is 190 Å². The van der Waals surface area contributed by atoms with E-state index in [4.69, 9.17) is 5.11 Å². The number of aliphatic hydroxyl groups excluding tert-OH is 1. The number of carboxylic acids is 1. The number of fused-ring (bicyclic) bond motifs is 1. The Hall–Kier alpha value is -1.28. The summed E-state index contributed by atoms with van der Waals surface area (Å²) in [4.78, 5) is 24.0. The number of thioether (sulfide) groups is 2. The van der Waals surface area contributed by atoms with Gasteiger partial charge < -0.3 is 10.2 Å². The van der Waals surface area contributed by atoms with Crippen LogP contribution in [0.1, 0.15) is 30.6 Å². The third kappa shape index (κ3) is 7.15. The van der Waals surface area contributed by atoms with Crippen molar-refractivity contribution in [3.8, 4) is 0 Å². The van der Waals surface area contributed by atoms with Crippen molar-refractivity contribution in [1.82, 2.24) is 0 Å². The van der Waals surface area contributed by atoms with Gasteiger partial charge in [0.25, 0.3) is 0 Å². The van der Waals surface area contributed by atoms with E-state index in [1.807, 2.05) is 24.3 Å². The predicted octanol–water partition coefficient (Wildman–Crippen LogP) is 5.04. The molecule has 0 spiro atoms. The normalized spacial score (nSPS) is 20.4. The van der Waals surface area contributed by atoms with Crippen molar-refractivity contribution in [2.24, 2.45) is 5.92 Å². The van der Waals surface area contributed by atoms with Crippen molar-refractivity contribution in [1.29, 1.82) is 0 Å². The summed E-state index contributed by atoms with van der Waals surface area (Å²) in [6, 6.07) is 10.5. The van der Waals surface area contributed by atoms with Crippen LogP contribution in [-0.2, 0) is 16.0 Å². The summed E-state index contributed by atoms with van der Waals surface area (Å²) >= 11 is 4.88. The number of aliphatic carboxylic acids is 1. The summed E-state index contributed by atoms with van der Waals surface area (Å²) in [6.07, 6.45) is 7.31. The van der Waals surface area contributed by atoms with Crippen molar-refractivity contribution in [3.63, 3.8) is 0 Å². The number of carbonyl (C=O) groups is 2. The largest absolute Gasteiger partial charge is 0.481 e. The number of rotatable bonds is 12. The summed E-state index contributed by atoms with van der Waals surface area (Å²) in [7, 11) is 0. The van der Waals surface area contributed by atoms with E-state index < -0.39 is 12.1 Å². The molecule has 1 heterocycles. The number of allylic oxidation sites excluding steroid dienone is 1. The highest BCUT2D eigenvalue weighted by Crippen LogP contribution is 2.34. The third-order valence-corrected chi connectivity index (χ3v) is 8.83. The topological polar surface area (TPSA) is 74.6 Å². The lowest BCUT2D eigenvalue weighted by atomic mass is 10.0. The predicted molar refractivity (Wildman–Crippen MR) is 129 cm³/mol. The van der Waals surface area contributed by atoms with Crippen LogP contribution in [0.3, 0.4) is 0 Å². The monoisotopic (exact) mass is 464 g/mol. The molecule has 3 atom stereocenters. The molecule has 0 radical (unpaired) electrons. The molecule has 1 aromatic carbocycles. The van der Waals surface area contributed by atoms with Gasteiger partial charge in [-0.1, -0.05) is 30.4 Å². The van der Waals surface area contributed by atoms with Gasteiger partial charge in [0.2, 0.25) is 0 Å². The number of aryl methyl sites for hydroxylation is 1. The highest BCUT2D eigenvalue weighted by molar-refractivity contribution is 8.01. The van der Waals surface area contributed by atoms with Crippen LogP contribution in [0.4, 0.5) is 0 Å². The fraction of sp³-hybridized carbons (Fsp3) is 0.478. The average Bonchev–Trinajstić information content (AvgIpc) is 3.30. The number of hydrogen-bond acceptors (Lipinski definition) is 6. The zero-order valence-corrected chi connectivity index (χ0v) is 19.3. The van der Waals surface area contributed by atoms with Gasteiger partial charge in [-0.3, -0.25) is 9.59 Å². The zero-order valence-electron chi connectivity index (χ0n) is 16.9. The summed E-state index contributed by atoms with van der Waals surface area (Å²) in [5, 5.41) is 20.3. The first-order chi connectivity index (χ1) is 14.5. The molecule has 1 aliphatic rings. The highest BCUT2D eigenvalue weighted by atomic mass is 32.2. The van der Waals surface area contributed by atoms with Gasteiger partial charge in [0.15, 0.2) is 0 Å². The molecule has 7 heteroatoms. The molecule has 1 saturated carbocycles. The number of aliphatic hydroxyl groups is 1. The minimum atomic E-state index is -0.783. The van der Waals surface area contributed by atoms with Crippen molar-refractivity contribution in [2.75, 3.05) is 17.3 Å². The molecule has 3 rings (SSSR count). The molecular weight excluding hydrogens is 436 g/mol. The Morgan fingerprint density at radius 1 is 1.30 bits per heavy atom. The number of hydrogen-bond donors (Lipinski definition) is 2. The molecule has 0 bridgehead atoms. The summed E-state index contributed by atoms with van der Waals surface area (Å²) in [5.74, 6) is 1.51. The Morgan fingerprint density at radius 2 is 2.13 bits per heavy atom. The van der Waals surface area contributed by atoms with Crippen LogP contribution >= 0.6 is 34.9 Å². The Kier molecular flexibility index (Phi) is 9.30. The number of benzene rings is 1. The van der Waals surface area contributed by atoms with Gasteiger partial charge in [-0.05, 0) is 60.6 Å². The van der Waals surface area contributed by atoms with Gasteiger partial charge in [-0.2, -0.15) is 11.8 Å². The first kappa shape index (κ1) is 23.4. The quantitative estimate of drug-likeness (QED) is 0.339. The molecule has 0 saturated heterocycles. The second kappa shape index (κ2) is 11.9. The van der Waals surface area contributed by atoms with E-state index in [-0.39, 0.29) is 16.9 Å². The highest BCUT2D eigenvalue weighted by Gasteiger charge is 2.33. The van der Waals surface area contributed by atoms with Gasteiger partial charge >= 0.3 is 5.97 Å². The second-order valence-corrected chi connectivity index (χ2v) is 11.0. The number of carboxylic acid groups (broad SMARTS) is 1. The smallest absolute Gasteiger partial charge is 0.313 e. The van der Waals surface area contributed by atoms with Crippen molar-refractivity contribution in [2.45, 2.75) is 43.5 Å². The minimum absolute atomic E-state index is 0.0273. The molecule has 162 valence electrons. The lowest BCUT2D eigenvalue weighted by Crippen LogP contribution is -2.17. The van der Waals surface area contributed by atoms with Gasteiger partial charge in [0, 0.05) is 16.0 Å². The molecule has 0 amide bonds. The van der Waals surface area contributed by atoms with Gasteiger partial charge in [-0.25, -0.2) is 0 Å². The Morgan fingerprint density at radius 3 is 2.93 bits per heavy atom. The van der Waals surface area contributed by atoms with Crippen LogP contribution in [0.15, 0.2) is 42.5 Å². The second-order valence-electron chi connectivity index (χ2n) is 7.50. The van der Waals surface area contributed by atoms with Gasteiger partial charge in [-0.15, -0.1) is 23.1 Å². The number of carbonyl (C=O) groups excluding carboxylic acids is 1. The number of thiophene rings is 1. The Bertz CT molecular complexity index is 843. The van der Waals surface area contributed by atoms with E-state index in [2.05, 4.69) is 18.2 Å². The van der Waals surface area contributed by atoms with Crippen LogP contribution in [0.5, 0.6) is 0 Å². The van der Waals surface area contributed by atoms with Crippen molar-refractivity contribution >= 4 is 56.7 Å². The lowest BCUT2D eigenvalue weighted by Gasteiger charge is -2.15. The maximum Gasteiger partial charge on any atom is 0.313 e. The lowest BCUT2D eigenvalue weighted by molar-refractivity contribution is -0.133. The van der Waals surface area contributed by atoms with E-state index in [0.717, 1.165) is 30.8 Å². The zero-order chi connectivity index (χ0) is 21.3. The molecule has 1 aromatic heterocycles. The van der Waals surface area contributed by atoms with E-state index in [9.17, 15) is 14.7 Å².